The fourth-order valence-corrected chi connectivity index (χ4v) is 13.0. The largest absolute Gasteiger partial charge is 0.314 e. The molecule has 308 valence electrons. The standard InChI is InChI=1S/C62H38N2S2/c1-3-15-41(16-4-1)63-33-34-64(42-17-5-2-6-18-42)58-38-56-54-36-40(44-24-14-26-52-50-22-10-12-28-60(50)66-62(44)52)30-32-48(54)47-31-29-39(35-53(47)45-19-7-8-20-46(45)55(56)37-57(58)63)43-23-13-25-51-49-21-9-11-27-59(49)65-61(43)51/h1-38H. The minimum Gasteiger partial charge on any atom is -0.314 e. The van der Waals surface area contributed by atoms with Crippen LogP contribution in [0.5, 0.6) is 0 Å². The number of fused-ring (bicyclic) bond motifs is 15. The van der Waals surface area contributed by atoms with E-state index >= 15 is 0 Å². The Labute approximate surface area is 388 Å². The van der Waals surface area contributed by atoms with E-state index in [4.69, 9.17) is 0 Å². The highest BCUT2D eigenvalue weighted by Crippen LogP contribution is 2.45. The normalized spacial score (nSPS) is 11.9. The molecule has 0 amide bonds. The van der Waals surface area contributed by atoms with Gasteiger partial charge in [-0.3, -0.25) is 0 Å². The topological polar surface area (TPSA) is 9.86 Å². The van der Waals surface area contributed by atoms with Gasteiger partial charge in [0.2, 0.25) is 0 Å². The van der Waals surface area contributed by atoms with Gasteiger partial charge in [-0.2, -0.15) is 0 Å². The third-order valence-electron chi connectivity index (χ3n) is 13.6. The summed E-state index contributed by atoms with van der Waals surface area (Å²) in [5, 5.41) is 15.0. The van der Waals surface area contributed by atoms with Crippen molar-refractivity contribution in [1.29, 1.82) is 0 Å². The molecule has 0 bridgehead atoms. The van der Waals surface area contributed by atoms with Crippen molar-refractivity contribution in [3.63, 3.8) is 0 Å². The Hall–Kier alpha value is -8.02. The second kappa shape index (κ2) is 14.8. The molecule has 14 rings (SSSR count). The molecule has 0 aliphatic rings. The van der Waals surface area contributed by atoms with Crippen LogP contribution in [0.2, 0.25) is 0 Å². The first kappa shape index (κ1) is 37.4. The Morgan fingerprint density at radius 3 is 1.11 bits per heavy atom. The van der Waals surface area contributed by atoms with Crippen LogP contribution in [0, 0.1) is 0 Å². The molecule has 0 fully saturated rings. The van der Waals surface area contributed by atoms with Crippen molar-refractivity contribution in [2.24, 2.45) is 0 Å². The number of hydrogen-bond acceptors (Lipinski definition) is 2. The second-order valence-electron chi connectivity index (χ2n) is 17.2. The molecule has 0 saturated heterocycles. The lowest BCUT2D eigenvalue weighted by Crippen LogP contribution is -2.04. The fourth-order valence-electron chi connectivity index (χ4n) is 10.6. The Balaban J connectivity index is 1.16. The van der Waals surface area contributed by atoms with Crippen molar-refractivity contribution < 1.29 is 0 Å². The third kappa shape index (κ3) is 5.72. The summed E-state index contributed by atoms with van der Waals surface area (Å²) in [7, 11) is 0. The van der Waals surface area contributed by atoms with Gasteiger partial charge in [-0.15, -0.1) is 22.7 Å². The van der Waals surface area contributed by atoms with Crippen molar-refractivity contribution >= 4 is 117 Å². The number of aromatic nitrogens is 2. The van der Waals surface area contributed by atoms with E-state index < -0.39 is 0 Å². The van der Waals surface area contributed by atoms with Crippen molar-refractivity contribution in [1.82, 2.24) is 9.13 Å². The smallest absolute Gasteiger partial charge is 0.0703 e. The predicted octanol–water partition coefficient (Wildman–Crippen LogP) is 18.2. The molecule has 11 aromatic carbocycles. The average molecular weight is 875 g/mol. The van der Waals surface area contributed by atoms with Gasteiger partial charge >= 0.3 is 0 Å². The van der Waals surface area contributed by atoms with Gasteiger partial charge in [0.1, 0.15) is 0 Å². The maximum absolute atomic E-state index is 2.48. The molecule has 0 aliphatic carbocycles. The van der Waals surface area contributed by atoms with Crippen molar-refractivity contribution in [3.05, 3.63) is 231 Å². The fraction of sp³-hybridized carbons (Fsp3) is 0. The highest BCUT2D eigenvalue weighted by molar-refractivity contribution is 7.26. The maximum Gasteiger partial charge on any atom is 0.0703 e. The molecule has 0 N–H and O–H groups in total. The maximum atomic E-state index is 2.48. The molecule has 3 aromatic heterocycles. The van der Waals surface area contributed by atoms with Crippen LogP contribution in [-0.4, -0.2) is 9.13 Å². The zero-order valence-electron chi connectivity index (χ0n) is 35.7. The van der Waals surface area contributed by atoms with Gasteiger partial charge in [0.25, 0.3) is 0 Å². The molecule has 0 unspecified atom stereocenters. The predicted molar refractivity (Wildman–Crippen MR) is 287 cm³/mol. The Morgan fingerprint density at radius 2 is 0.621 bits per heavy atom. The average Bonchev–Trinajstić information content (AvgIpc) is 3.97. The second-order valence-corrected chi connectivity index (χ2v) is 19.3. The summed E-state index contributed by atoms with van der Waals surface area (Å²) in [5.41, 5.74) is 9.44. The minimum atomic E-state index is 1.12. The first-order chi connectivity index (χ1) is 32.7. The van der Waals surface area contributed by atoms with Crippen LogP contribution in [0.4, 0.5) is 0 Å². The molecule has 0 radical (unpaired) electrons. The molecule has 66 heavy (non-hydrogen) atoms. The molecular formula is C62H38N2S2. The van der Waals surface area contributed by atoms with Gasteiger partial charge in [0, 0.05) is 64.1 Å². The lowest BCUT2D eigenvalue weighted by atomic mass is 9.90. The van der Waals surface area contributed by atoms with Crippen molar-refractivity contribution in [2.75, 3.05) is 0 Å². The van der Waals surface area contributed by atoms with E-state index in [9.17, 15) is 0 Å². The molecule has 0 atom stereocenters. The van der Waals surface area contributed by atoms with E-state index in [0.29, 0.717) is 0 Å². The van der Waals surface area contributed by atoms with Crippen LogP contribution in [-0.2, 0) is 0 Å². The van der Waals surface area contributed by atoms with Crippen LogP contribution in [0.1, 0.15) is 0 Å². The molecule has 2 nitrogen and oxygen atoms in total. The number of thiophene rings is 2. The number of para-hydroxylation sites is 2. The van der Waals surface area contributed by atoms with Crippen molar-refractivity contribution in [2.45, 2.75) is 0 Å². The van der Waals surface area contributed by atoms with E-state index in [1.165, 1.54) is 106 Å². The quantitative estimate of drug-likeness (QED) is 0.167. The van der Waals surface area contributed by atoms with Crippen LogP contribution < -0.4 is 0 Å². The molecular weight excluding hydrogens is 837 g/mol. The zero-order chi connectivity index (χ0) is 43.3. The van der Waals surface area contributed by atoms with Gasteiger partial charge < -0.3 is 9.13 Å². The first-order valence-corrected chi connectivity index (χ1v) is 24.1. The Bertz CT molecular complexity index is 4340. The van der Waals surface area contributed by atoms with Crippen LogP contribution >= 0.6 is 22.7 Å². The van der Waals surface area contributed by atoms with Gasteiger partial charge in [-0.1, -0.05) is 158 Å². The van der Waals surface area contributed by atoms with Gasteiger partial charge in [-0.05, 0) is 126 Å². The summed E-state index contributed by atoms with van der Waals surface area (Å²) in [6, 6.07) is 81.1. The molecule has 0 spiro atoms. The summed E-state index contributed by atoms with van der Waals surface area (Å²) in [5.74, 6) is 0. The Morgan fingerprint density at radius 1 is 0.258 bits per heavy atom. The third-order valence-corrected chi connectivity index (χ3v) is 16.1. The summed E-state index contributed by atoms with van der Waals surface area (Å²) in [6.45, 7) is 0. The lowest BCUT2D eigenvalue weighted by Gasteiger charge is -2.19. The van der Waals surface area contributed by atoms with E-state index in [2.05, 4.69) is 240 Å². The van der Waals surface area contributed by atoms with Crippen LogP contribution in [0.3, 0.4) is 0 Å². The van der Waals surface area contributed by atoms with E-state index in [-0.39, 0.29) is 0 Å². The number of hydrogen-bond donors (Lipinski definition) is 0. The summed E-state index contributed by atoms with van der Waals surface area (Å²) in [4.78, 5) is 0. The van der Waals surface area contributed by atoms with E-state index in [1.54, 1.807) is 0 Å². The molecule has 3 heterocycles. The Kier molecular flexibility index (Phi) is 8.36. The number of nitrogens with zero attached hydrogens (tertiary/aromatic N) is 2. The minimum absolute atomic E-state index is 1.12. The molecule has 14 aromatic rings. The van der Waals surface area contributed by atoms with Gasteiger partial charge in [0.05, 0.1) is 11.0 Å². The number of rotatable bonds is 4. The van der Waals surface area contributed by atoms with E-state index in [0.717, 1.165) is 22.4 Å². The summed E-state index contributed by atoms with van der Waals surface area (Å²) < 4.78 is 9.96. The summed E-state index contributed by atoms with van der Waals surface area (Å²) >= 11 is 3.78. The zero-order valence-corrected chi connectivity index (χ0v) is 37.3. The molecule has 0 saturated carbocycles. The highest BCUT2D eigenvalue weighted by atomic mass is 32.1. The van der Waals surface area contributed by atoms with Gasteiger partial charge in [-0.25, -0.2) is 0 Å². The first-order valence-electron chi connectivity index (χ1n) is 22.5. The highest BCUT2D eigenvalue weighted by Gasteiger charge is 2.18. The van der Waals surface area contributed by atoms with Crippen LogP contribution in [0.25, 0.3) is 128 Å². The van der Waals surface area contributed by atoms with Crippen molar-refractivity contribution in [3.8, 4) is 33.6 Å². The monoisotopic (exact) mass is 874 g/mol. The lowest BCUT2D eigenvalue weighted by molar-refractivity contribution is 1.01. The molecule has 4 heteroatoms. The molecule has 0 aliphatic heterocycles. The number of benzene rings is 10. The van der Waals surface area contributed by atoms with E-state index in [1.807, 2.05) is 22.7 Å². The summed E-state index contributed by atoms with van der Waals surface area (Å²) in [6.07, 6.45) is 4.42. The van der Waals surface area contributed by atoms with Gasteiger partial charge in [0.15, 0.2) is 0 Å². The SMILES string of the molecule is c1ccc(-n2ccn(-c3ccccc3)c3cc4c5cc(-c6cccc7c6sc6ccccc67)ccc5c5ccc(-c6cccc7c6sc6ccccc67)cc5c5ccccc5c4cc32)cc1. The van der Waals surface area contributed by atoms with Crippen LogP contribution in [0.15, 0.2) is 231 Å².